The highest BCUT2D eigenvalue weighted by Crippen LogP contribution is 2.53. The molecular formula is C20H16N2O7. The van der Waals surface area contributed by atoms with Gasteiger partial charge in [-0.15, -0.1) is 0 Å². The Labute approximate surface area is 164 Å². The van der Waals surface area contributed by atoms with Crippen LogP contribution >= 0.6 is 0 Å². The molecule has 0 bridgehead atoms. The molecule has 0 aliphatic carbocycles. The highest BCUT2D eigenvalue weighted by atomic mass is 16.8. The van der Waals surface area contributed by atoms with Crippen LogP contribution in [0, 0.1) is 10.1 Å². The number of carbonyl (C=O) groups excluding carboxylic acids is 1. The molecule has 0 radical (unpaired) electrons. The van der Waals surface area contributed by atoms with Crippen molar-refractivity contribution in [2.75, 3.05) is 18.6 Å². The number of nitro groups is 1. The van der Waals surface area contributed by atoms with E-state index >= 15 is 0 Å². The minimum Gasteiger partial charge on any atom is -0.478 e. The third-order valence-electron chi connectivity index (χ3n) is 5.27. The fraction of sp³-hybridized carbons (Fsp3) is 0.200. The van der Waals surface area contributed by atoms with E-state index in [-0.39, 0.29) is 17.9 Å². The van der Waals surface area contributed by atoms with Gasteiger partial charge in [-0.2, -0.15) is 0 Å². The van der Waals surface area contributed by atoms with Gasteiger partial charge in [0.05, 0.1) is 22.8 Å². The zero-order valence-corrected chi connectivity index (χ0v) is 15.3. The topological polar surface area (TPSA) is 119 Å². The molecule has 1 spiro atoms. The molecule has 1 N–H and O–H groups in total. The molecule has 2 atom stereocenters. The van der Waals surface area contributed by atoms with Crippen molar-refractivity contribution in [1.29, 1.82) is 0 Å². The number of para-hydroxylation sites is 1. The summed E-state index contributed by atoms with van der Waals surface area (Å²) in [4.78, 5) is 36.9. The van der Waals surface area contributed by atoms with Gasteiger partial charge in [-0.1, -0.05) is 36.9 Å². The Morgan fingerprint density at radius 3 is 2.69 bits per heavy atom. The van der Waals surface area contributed by atoms with Gasteiger partial charge in [0.2, 0.25) is 0 Å². The summed E-state index contributed by atoms with van der Waals surface area (Å²) in [6, 6.07) is 12.2. The van der Waals surface area contributed by atoms with Crippen LogP contribution in [0.3, 0.4) is 0 Å². The second kappa shape index (κ2) is 6.23. The molecule has 0 aromatic heterocycles. The maximum absolute atomic E-state index is 13.1. The Kier molecular flexibility index (Phi) is 4.03. The predicted octanol–water partition coefficient (Wildman–Crippen LogP) is 2.31. The number of hydrogen-bond donors (Lipinski definition) is 1. The minimum atomic E-state index is -1.87. The zero-order chi connectivity index (χ0) is 21.0. The third kappa shape index (κ3) is 2.48. The number of anilines is 1. The third-order valence-corrected chi connectivity index (χ3v) is 5.27. The maximum atomic E-state index is 13.1. The molecule has 2 aromatic rings. The second-order valence-electron chi connectivity index (χ2n) is 6.81. The van der Waals surface area contributed by atoms with Crippen LogP contribution in [-0.2, 0) is 30.5 Å². The molecule has 148 valence electrons. The lowest BCUT2D eigenvalue weighted by Crippen LogP contribution is -2.42. The number of likely N-dealkylation sites (N-methyl/N-ethyl adjacent to an activating group) is 1. The van der Waals surface area contributed by atoms with E-state index in [1.54, 1.807) is 31.3 Å². The van der Waals surface area contributed by atoms with Crippen LogP contribution in [-0.4, -0.2) is 35.6 Å². The minimum absolute atomic E-state index is 0.163. The van der Waals surface area contributed by atoms with E-state index in [2.05, 4.69) is 6.58 Å². The molecular weight excluding hydrogens is 380 g/mol. The fourth-order valence-corrected chi connectivity index (χ4v) is 3.74. The molecule has 2 aliphatic heterocycles. The summed E-state index contributed by atoms with van der Waals surface area (Å²) in [6.07, 6.45) is 0. The van der Waals surface area contributed by atoms with Gasteiger partial charge < -0.3 is 19.5 Å². The lowest BCUT2D eigenvalue weighted by atomic mass is 9.87. The number of rotatable bonds is 4. The molecule has 0 saturated carbocycles. The van der Waals surface area contributed by atoms with E-state index in [1.165, 1.54) is 29.2 Å². The number of fused-ring (bicyclic) bond motifs is 2. The Balaban J connectivity index is 1.90. The molecule has 1 fully saturated rings. The average molecular weight is 396 g/mol. The van der Waals surface area contributed by atoms with Crippen molar-refractivity contribution in [3.63, 3.8) is 0 Å². The lowest BCUT2D eigenvalue weighted by molar-refractivity contribution is -0.385. The number of non-ortho nitro benzene ring substituents is 1. The first-order chi connectivity index (χ1) is 13.7. The van der Waals surface area contributed by atoms with E-state index in [1.807, 2.05) is 0 Å². The number of nitro benzene ring substituents is 1. The summed E-state index contributed by atoms with van der Waals surface area (Å²) < 4.78 is 12.0. The van der Waals surface area contributed by atoms with Crippen molar-refractivity contribution in [3.05, 3.63) is 81.9 Å². The van der Waals surface area contributed by atoms with Gasteiger partial charge in [-0.25, -0.2) is 4.79 Å². The summed E-state index contributed by atoms with van der Waals surface area (Å²) in [7, 11) is 1.56. The predicted molar refractivity (Wildman–Crippen MR) is 100 cm³/mol. The van der Waals surface area contributed by atoms with Gasteiger partial charge in [0, 0.05) is 24.7 Å². The van der Waals surface area contributed by atoms with E-state index in [9.17, 15) is 24.8 Å². The fourth-order valence-electron chi connectivity index (χ4n) is 3.74. The van der Waals surface area contributed by atoms with Gasteiger partial charge in [0.25, 0.3) is 17.4 Å². The number of carboxylic acid groups (broad SMARTS) is 1. The summed E-state index contributed by atoms with van der Waals surface area (Å²) in [5.74, 6) is -3.76. The van der Waals surface area contributed by atoms with Crippen LogP contribution in [0.5, 0.6) is 0 Å². The number of carboxylic acids is 1. The van der Waals surface area contributed by atoms with Crippen LogP contribution in [0.15, 0.2) is 60.7 Å². The van der Waals surface area contributed by atoms with Crippen LogP contribution in [0.1, 0.15) is 11.1 Å². The molecule has 0 unspecified atom stereocenters. The molecule has 1 saturated heterocycles. The van der Waals surface area contributed by atoms with E-state index < -0.39 is 33.8 Å². The lowest BCUT2D eigenvalue weighted by Gasteiger charge is -2.30. The van der Waals surface area contributed by atoms with E-state index in [0.29, 0.717) is 11.3 Å². The summed E-state index contributed by atoms with van der Waals surface area (Å²) >= 11 is 0. The first-order valence-electron chi connectivity index (χ1n) is 8.62. The largest absolute Gasteiger partial charge is 0.478 e. The van der Waals surface area contributed by atoms with Crippen molar-refractivity contribution in [3.8, 4) is 0 Å². The first kappa shape index (κ1) is 18.8. The highest BCUT2D eigenvalue weighted by Gasteiger charge is 2.63. The Morgan fingerprint density at radius 1 is 1.28 bits per heavy atom. The first-order valence-corrected chi connectivity index (χ1v) is 8.62. The van der Waals surface area contributed by atoms with Crippen molar-refractivity contribution in [1.82, 2.24) is 0 Å². The van der Waals surface area contributed by atoms with Crippen LogP contribution in [0.2, 0.25) is 0 Å². The Morgan fingerprint density at radius 2 is 2.00 bits per heavy atom. The summed E-state index contributed by atoms with van der Waals surface area (Å²) in [5, 5.41) is 20.8. The van der Waals surface area contributed by atoms with Crippen LogP contribution in [0.4, 0.5) is 11.4 Å². The highest BCUT2D eigenvalue weighted by molar-refractivity contribution is 6.06. The van der Waals surface area contributed by atoms with Crippen LogP contribution in [0.25, 0.3) is 0 Å². The molecule has 1 amide bonds. The van der Waals surface area contributed by atoms with Gasteiger partial charge in [0.15, 0.2) is 5.60 Å². The number of benzene rings is 2. The number of carbonyl (C=O) groups is 2. The zero-order valence-electron chi connectivity index (χ0n) is 15.3. The monoisotopic (exact) mass is 396 g/mol. The summed E-state index contributed by atoms with van der Waals surface area (Å²) in [6.45, 7) is 3.26. The van der Waals surface area contributed by atoms with Crippen LogP contribution < -0.4 is 4.90 Å². The quantitative estimate of drug-likeness (QED) is 0.478. The van der Waals surface area contributed by atoms with Gasteiger partial charge >= 0.3 is 5.97 Å². The van der Waals surface area contributed by atoms with Gasteiger partial charge in [-0.3, -0.25) is 14.9 Å². The SMILES string of the molecule is C=C(C(=O)O)[C@]1(c2cccc([N+](=O)[O-])c2)CO[C@@]2(O1)C(=O)N(C)c1ccccc12. The standard InChI is InChI=1S/C20H16N2O7/c1-12(17(23)24)19(13-6-5-7-14(10-13)22(26)27)11-28-20(29-19)15-8-3-4-9-16(15)21(2)18(20)25/h3-10H,1,11H2,2H3,(H,23,24)/t19-,20-/m0/s1. The second-order valence-corrected chi connectivity index (χ2v) is 6.81. The number of aliphatic carboxylic acids is 1. The molecule has 4 rings (SSSR count). The van der Waals surface area contributed by atoms with Crippen molar-refractivity contribution in [2.24, 2.45) is 0 Å². The molecule has 29 heavy (non-hydrogen) atoms. The molecule has 2 aromatic carbocycles. The van der Waals surface area contributed by atoms with E-state index in [0.717, 1.165) is 0 Å². The average Bonchev–Trinajstić information content (AvgIpc) is 3.22. The van der Waals surface area contributed by atoms with Gasteiger partial charge in [-0.05, 0) is 11.6 Å². The number of ether oxygens (including phenoxy) is 2. The number of hydrogen-bond acceptors (Lipinski definition) is 6. The molecule has 9 heteroatoms. The number of amides is 1. The molecule has 2 heterocycles. The van der Waals surface area contributed by atoms with Crippen molar-refractivity contribution < 1.29 is 29.1 Å². The Hall–Kier alpha value is -3.56. The maximum Gasteiger partial charge on any atom is 0.334 e. The van der Waals surface area contributed by atoms with Crippen molar-refractivity contribution in [2.45, 2.75) is 11.4 Å². The van der Waals surface area contributed by atoms with Gasteiger partial charge in [0.1, 0.15) is 0 Å². The molecule has 2 aliphatic rings. The van der Waals surface area contributed by atoms with E-state index in [4.69, 9.17) is 9.47 Å². The Bertz CT molecular complexity index is 1080. The smallest absolute Gasteiger partial charge is 0.334 e. The number of nitrogens with zero attached hydrogens (tertiary/aromatic N) is 2. The molecule has 9 nitrogen and oxygen atoms in total. The van der Waals surface area contributed by atoms with Crippen molar-refractivity contribution >= 4 is 23.3 Å². The normalized spacial score (nSPS) is 25.3. The summed E-state index contributed by atoms with van der Waals surface area (Å²) in [5.41, 5.74) is -1.28.